The molecule has 6 nitrogen and oxygen atoms in total. The molecule has 0 atom stereocenters. The van der Waals surface area contributed by atoms with Gasteiger partial charge in [0, 0.05) is 31.8 Å². The van der Waals surface area contributed by atoms with Crippen LogP contribution in [0.15, 0.2) is 30.3 Å². The van der Waals surface area contributed by atoms with Crippen molar-refractivity contribution >= 4 is 22.7 Å². The summed E-state index contributed by atoms with van der Waals surface area (Å²) in [6.07, 6.45) is 2.17. The second-order valence-electron chi connectivity index (χ2n) is 6.95. The predicted octanol–water partition coefficient (Wildman–Crippen LogP) is 4.47. The van der Waals surface area contributed by atoms with Crippen LogP contribution < -0.4 is 20.1 Å². The number of nitrogens with zero attached hydrogens (tertiary/aromatic N) is 3. The number of aromatic nitrogens is 2. The number of fused-ring (bicyclic) bond motifs is 1. The molecule has 150 valence electrons. The Kier molecular flexibility index (Phi) is 5.97. The summed E-state index contributed by atoms with van der Waals surface area (Å²) >= 11 is 0. The number of hydrogen-bond acceptors (Lipinski definition) is 5. The van der Waals surface area contributed by atoms with Crippen LogP contribution >= 0.6 is 0 Å². The Labute approximate surface area is 166 Å². The fourth-order valence-electron chi connectivity index (χ4n) is 3.66. The molecule has 28 heavy (non-hydrogen) atoms. The van der Waals surface area contributed by atoms with Crippen molar-refractivity contribution in [3.63, 3.8) is 0 Å². The molecule has 2 N–H and O–H groups in total. The maximum absolute atomic E-state index is 6.21. The van der Waals surface area contributed by atoms with Gasteiger partial charge >= 0.3 is 0 Å². The standard InChI is InChI=1S/C22H30N4O2/c1-6-10-26(11-7-2)19-9-8-18(20-21(19)25(3)22(23)24-20)15-12-16(27-4)14-17(13-15)28-5/h8-9,12-14H,6-7,10-11H2,1-5H3,(H2,23,24). The fraction of sp³-hybridized carbons (Fsp3) is 0.409. The van der Waals surface area contributed by atoms with E-state index in [2.05, 4.69) is 30.9 Å². The van der Waals surface area contributed by atoms with Crippen LogP contribution in [-0.2, 0) is 7.05 Å². The van der Waals surface area contributed by atoms with Gasteiger partial charge in [-0.2, -0.15) is 0 Å². The van der Waals surface area contributed by atoms with E-state index in [9.17, 15) is 0 Å². The smallest absolute Gasteiger partial charge is 0.201 e. The number of methoxy groups -OCH3 is 2. The minimum atomic E-state index is 0.506. The molecule has 3 aromatic rings. The lowest BCUT2D eigenvalue weighted by atomic mass is 10.0. The van der Waals surface area contributed by atoms with Crippen LogP contribution in [0.3, 0.4) is 0 Å². The van der Waals surface area contributed by atoms with E-state index in [1.807, 2.05) is 29.8 Å². The third-order valence-electron chi connectivity index (χ3n) is 5.03. The molecule has 3 rings (SSSR count). The molecule has 0 aliphatic carbocycles. The lowest BCUT2D eigenvalue weighted by Crippen LogP contribution is -2.25. The lowest BCUT2D eigenvalue weighted by Gasteiger charge is -2.25. The highest BCUT2D eigenvalue weighted by Crippen LogP contribution is 2.38. The van der Waals surface area contributed by atoms with E-state index in [1.165, 1.54) is 5.69 Å². The van der Waals surface area contributed by atoms with Crippen LogP contribution in [-0.4, -0.2) is 36.9 Å². The van der Waals surface area contributed by atoms with Crippen molar-refractivity contribution in [1.82, 2.24) is 9.55 Å². The third kappa shape index (κ3) is 3.59. The van der Waals surface area contributed by atoms with Crippen LogP contribution in [0.25, 0.3) is 22.2 Å². The molecule has 0 unspecified atom stereocenters. The van der Waals surface area contributed by atoms with Crippen LogP contribution in [0.2, 0.25) is 0 Å². The Hall–Kier alpha value is -2.89. The monoisotopic (exact) mass is 382 g/mol. The first-order valence-corrected chi connectivity index (χ1v) is 9.77. The Morgan fingerprint density at radius 3 is 2.14 bits per heavy atom. The first-order valence-electron chi connectivity index (χ1n) is 9.77. The fourth-order valence-corrected chi connectivity index (χ4v) is 3.66. The number of benzene rings is 2. The molecule has 0 aliphatic rings. The largest absolute Gasteiger partial charge is 0.497 e. The Morgan fingerprint density at radius 2 is 1.61 bits per heavy atom. The van der Waals surface area contributed by atoms with E-state index in [4.69, 9.17) is 20.2 Å². The van der Waals surface area contributed by atoms with E-state index in [0.717, 1.165) is 59.6 Å². The average molecular weight is 383 g/mol. The number of nitrogens with two attached hydrogens (primary N) is 1. The van der Waals surface area contributed by atoms with Gasteiger partial charge in [-0.25, -0.2) is 4.98 Å². The lowest BCUT2D eigenvalue weighted by molar-refractivity contribution is 0.394. The molecule has 0 saturated carbocycles. The second-order valence-corrected chi connectivity index (χ2v) is 6.95. The van der Waals surface area contributed by atoms with Crippen LogP contribution in [0.5, 0.6) is 11.5 Å². The average Bonchev–Trinajstić information content (AvgIpc) is 3.01. The number of nitrogen functional groups attached to an aromatic ring is 1. The maximum Gasteiger partial charge on any atom is 0.201 e. The normalized spacial score (nSPS) is 11.0. The van der Waals surface area contributed by atoms with Gasteiger partial charge in [-0.3, -0.25) is 0 Å². The number of hydrogen-bond donors (Lipinski definition) is 1. The highest BCUT2D eigenvalue weighted by Gasteiger charge is 2.19. The summed E-state index contributed by atoms with van der Waals surface area (Å²) in [5.41, 5.74) is 11.3. The van der Waals surface area contributed by atoms with Gasteiger partial charge in [-0.1, -0.05) is 13.8 Å². The van der Waals surface area contributed by atoms with Gasteiger partial charge in [0.2, 0.25) is 5.95 Å². The van der Waals surface area contributed by atoms with E-state index < -0.39 is 0 Å². The van der Waals surface area contributed by atoms with Crippen molar-refractivity contribution < 1.29 is 9.47 Å². The molecule has 0 amide bonds. The van der Waals surface area contributed by atoms with Crippen molar-refractivity contribution in [2.24, 2.45) is 7.05 Å². The summed E-state index contributed by atoms with van der Waals surface area (Å²) in [5.74, 6) is 2.00. The van der Waals surface area contributed by atoms with E-state index >= 15 is 0 Å². The number of anilines is 2. The quantitative estimate of drug-likeness (QED) is 0.623. The first-order chi connectivity index (χ1) is 13.5. The maximum atomic E-state index is 6.21. The Bertz CT molecular complexity index is 937. The molecule has 1 heterocycles. The summed E-state index contributed by atoms with van der Waals surface area (Å²) < 4.78 is 12.9. The zero-order chi connectivity index (χ0) is 20.3. The van der Waals surface area contributed by atoms with Crippen LogP contribution in [0.4, 0.5) is 11.6 Å². The molecule has 0 aliphatic heterocycles. The van der Waals surface area contributed by atoms with Gasteiger partial charge in [-0.05, 0) is 42.7 Å². The van der Waals surface area contributed by atoms with Crippen LogP contribution in [0, 0.1) is 0 Å². The van der Waals surface area contributed by atoms with Gasteiger partial charge in [0.05, 0.1) is 25.4 Å². The highest BCUT2D eigenvalue weighted by molar-refractivity contribution is 6.01. The molecule has 0 saturated heterocycles. The molecule has 6 heteroatoms. The van der Waals surface area contributed by atoms with Crippen molar-refractivity contribution in [2.45, 2.75) is 26.7 Å². The third-order valence-corrected chi connectivity index (χ3v) is 5.03. The Balaban J connectivity index is 2.25. The summed E-state index contributed by atoms with van der Waals surface area (Å²) in [4.78, 5) is 7.11. The van der Waals surface area contributed by atoms with Crippen molar-refractivity contribution in [1.29, 1.82) is 0 Å². The molecule has 2 aromatic carbocycles. The minimum absolute atomic E-state index is 0.506. The molecule has 0 spiro atoms. The van der Waals surface area contributed by atoms with Crippen LogP contribution in [0.1, 0.15) is 26.7 Å². The molecule has 0 bridgehead atoms. The van der Waals surface area contributed by atoms with Gasteiger partial charge in [0.15, 0.2) is 0 Å². The summed E-state index contributed by atoms with van der Waals surface area (Å²) in [5, 5.41) is 0. The van der Waals surface area contributed by atoms with Gasteiger partial charge in [-0.15, -0.1) is 0 Å². The van der Waals surface area contributed by atoms with Gasteiger partial charge < -0.3 is 24.7 Å². The van der Waals surface area contributed by atoms with E-state index in [0.29, 0.717) is 5.95 Å². The van der Waals surface area contributed by atoms with Crippen molar-refractivity contribution in [3.05, 3.63) is 30.3 Å². The van der Waals surface area contributed by atoms with E-state index in [1.54, 1.807) is 14.2 Å². The number of ether oxygens (including phenoxy) is 2. The zero-order valence-corrected chi connectivity index (χ0v) is 17.5. The molecule has 0 radical (unpaired) electrons. The van der Waals surface area contributed by atoms with Gasteiger partial charge in [0.25, 0.3) is 0 Å². The Morgan fingerprint density at radius 1 is 1.00 bits per heavy atom. The minimum Gasteiger partial charge on any atom is -0.497 e. The predicted molar refractivity (Wildman–Crippen MR) is 116 cm³/mol. The van der Waals surface area contributed by atoms with Crippen molar-refractivity contribution in [3.8, 4) is 22.6 Å². The topological polar surface area (TPSA) is 65.5 Å². The van der Waals surface area contributed by atoms with E-state index in [-0.39, 0.29) is 0 Å². The molecular formula is C22H30N4O2. The van der Waals surface area contributed by atoms with Gasteiger partial charge in [0.1, 0.15) is 17.0 Å². The first kappa shape index (κ1) is 19.9. The highest BCUT2D eigenvalue weighted by atomic mass is 16.5. The number of imidazole rings is 1. The summed E-state index contributed by atoms with van der Waals surface area (Å²) in [6, 6.07) is 10.2. The number of rotatable bonds is 8. The summed E-state index contributed by atoms with van der Waals surface area (Å²) in [7, 11) is 5.28. The van der Waals surface area contributed by atoms with Crippen molar-refractivity contribution in [2.75, 3.05) is 37.9 Å². The molecule has 0 fully saturated rings. The molecular weight excluding hydrogens is 352 g/mol. The summed E-state index contributed by atoms with van der Waals surface area (Å²) in [6.45, 7) is 6.41. The number of aryl methyl sites for hydroxylation is 1. The SMILES string of the molecule is CCCN(CCC)c1ccc(-c2cc(OC)cc(OC)c2)c2nc(N)n(C)c12. The second kappa shape index (κ2) is 8.42. The zero-order valence-electron chi connectivity index (χ0n) is 17.5. The molecule has 1 aromatic heterocycles.